The lowest BCUT2D eigenvalue weighted by Gasteiger charge is -2.24. The Morgan fingerprint density at radius 1 is 1.24 bits per heavy atom. The van der Waals surface area contributed by atoms with Crippen LogP contribution in [0.15, 0.2) is 41.3 Å². The highest BCUT2D eigenvalue weighted by molar-refractivity contribution is 7.89. The standard InChI is InChI=1S/C14H17ClN2O2S2/c1-10(17(2)9-12-5-8-14(15)20-12)11-3-6-13(7-4-11)21(16,18)19/h3-8,10H,9H2,1-2H3,(H2,16,18,19)/t10-/m0/s1. The molecule has 2 aromatic rings. The van der Waals surface area contributed by atoms with E-state index < -0.39 is 10.0 Å². The smallest absolute Gasteiger partial charge is 0.238 e. The van der Waals surface area contributed by atoms with E-state index in [4.69, 9.17) is 16.7 Å². The van der Waals surface area contributed by atoms with Crippen LogP contribution in [0, 0.1) is 0 Å². The largest absolute Gasteiger partial charge is 0.295 e. The summed E-state index contributed by atoms with van der Waals surface area (Å²) >= 11 is 7.49. The van der Waals surface area contributed by atoms with Crippen molar-refractivity contribution in [3.63, 3.8) is 0 Å². The van der Waals surface area contributed by atoms with Gasteiger partial charge in [0.1, 0.15) is 0 Å². The molecule has 1 aromatic heterocycles. The maximum absolute atomic E-state index is 11.2. The van der Waals surface area contributed by atoms with Gasteiger partial charge < -0.3 is 0 Å². The Bertz CT molecular complexity index is 711. The van der Waals surface area contributed by atoms with Gasteiger partial charge in [0.2, 0.25) is 10.0 Å². The zero-order valence-corrected chi connectivity index (χ0v) is 14.2. The Labute approximate surface area is 134 Å². The van der Waals surface area contributed by atoms with Crippen molar-refractivity contribution in [1.29, 1.82) is 0 Å². The van der Waals surface area contributed by atoms with Gasteiger partial charge in [0.25, 0.3) is 0 Å². The molecule has 7 heteroatoms. The van der Waals surface area contributed by atoms with Crippen LogP contribution in [-0.4, -0.2) is 20.4 Å². The van der Waals surface area contributed by atoms with Crippen LogP contribution in [0.25, 0.3) is 0 Å². The third-order valence-corrected chi connectivity index (χ3v) is 5.53. The zero-order valence-electron chi connectivity index (χ0n) is 11.8. The molecule has 2 rings (SSSR count). The molecule has 0 amide bonds. The van der Waals surface area contributed by atoms with E-state index in [1.54, 1.807) is 23.5 Å². The van der Waals surface area contributed by atoms with Gasteiger partial charge in [-0.1, -0.05) is 23.7 Å². The summed E-state index contributed by atoms with van der Waals surface area (Å²) in [5.41, 5.74) is 1.03. The van der Waals surface area contributed by atoms with E-state index in [0.717, 1.165) is 16.4 Å². The van der Waals surface area contributed by atoms with Crippen LogP contribution < -0.4 is 5.14 Å². The molecular formula is C14H17ClN2O2S2. The first-order valence-electron chi connectivity index (χ1n) is 6.34. The summed E-state index contributed by atoms with van der Waals surface area (Å²) in [4.78, 5) is 3.50. The fourth-order valence-corrected chi connectivity index (χ4v) is 3.68. The summed E-state index contributed by atoms with van der Waals surface area (Å²) < 4.78 is 23.3. The van der Waals surface area contributed by atoms with Gasteiger partial charge >= 0.3 is 0 Å². The average molecular weight is 345 g/mol. The van der Waals surface area contributed by atoms with Crippen LogP contribution in [0.2, 0.25) is 4.34 Å². The molecular weight excluding hydrogens is 328 g/mol. The van der Waals surface area contributed by atoms with E-state index in [0.29, 0.717) is 0 Å². The van der Waals surface area contributed by atoms with Crippen LogP contribution in [0.3, 0.4) is 0 Å². The first-order valence-corrected chi connectivity index (χ1v) is 9.08. The van der Waals surface area contributed by atoms with E-state index in [2.05, 4.69) is 11.8 Å². The molecule has 114 valence electrons. The van der Waals surface area contributed by atoms with Crippen molar-refractivity contribution in [2.75, 3.05) is 7.05 Å². The zero-order chi connectivity index (χ0) is 15.6. The topological polar surface area (TPSA) is 63.4 Å². The fraction of sp³-hybridized carbons (Fsp3) is 0.286. The quantitative estimate of drug-likeness (QED) is 0.905. The highest BCUT2D eigenvalue weighted by atomic mass is 35.5. The number of hydrogen-bond acceptors (Lipinski definition) is 4. The number of nitrogens with zero attached hydrogens (tertiary/aromatic N) is 1. The number of primary sulfonamides is 1. The second kappa shape index (κ2) is 6.46. The minimum Gasteiger partial charge on any atom is -0.295 e. The molecule has 0 fully saturated rings. The second-order valence-electron chi connectivity index (χ2n) is 4.91. The summed E-state index contributed by atoms with van der Waals surface area (Å²) in [6.07, 6.45) is 0. The molecule has 1 atom stereocenters. The molecule has 0 bridgehead atoms. The number of sulfonamides is 1. The van der Waals surface area contributed by atoms with Crippen molar-refractivity contribution in [2.45, 2.75) is 24.4 Å². The third-order valence-electron chi connectivity index (χ3n) is 3.39. The van der Waals surface area contributed by atoms with Crippen LogP contribution in [0.5, 0.6) is 0 Å². The van der Waals surface area contributed by atoms with Gasteiger partial charge in [-0.25, -0.2) is 13.6 Å². The summed E-state index contributed by atoms with van der Waals surface area (Å²) in [6, 6.07) is 10.7. The predicted molar refractivity (Wildman–Crippen MR) is 87.0 cm³/mol. The maximum Gasteiger partial charge on any atom is 0.238 e. The van der Waals surface area contributed by atoms with E-state index >= 15 is 0 Å². The van der Waals surface area contributed by atoms with E-state index in [1.165, 1.54) is 17.0 Å². The average Bonchev–Trinajstić information content (AvgIpc) is 2.82. The van der Waals surface area contributed by atoms with E-state index in [9.17, 15) is 8.42 Å². The van der Waals surface area contributed by atoms with Gasteiger partial charge in [-0.2, -0.15) is 0 Å². The van der Waals surface area contributed by atoms with E-state index in [1.807, 2.05) is 19.2 Å². The Hall–Kier alpha value is -0.920. The minimum absolute atomic E-state index is 0.131. The highest BCUT2D eigenvalue weighted by Crippen LogP contribution is 2.26. The SMILES string of the molecule is C[C@@H](c1ccc(S(N)(=O)=O)cc1)N(C)Cc1ccc(Cl)s1. The second-order valence-corrected chi connectivity index (χ2v) is 8.27. The predicted octanol–water partition coefficient (Wildman–Crippen LogP) is 3.24. The summed E-state index contributed by atoms with van der Waals surface area (Å²) in [6.45, 7) is 2.86. The first-order chi connectivity index (χ1) is 9.77. The van der Waals surface area contributed by atoms with Gasteiger partial charge in [0.15, 0.2) is 0 Å². The molecule has 2 N–H and O–H groups in total. The van der Waals surface area contributed by atoms with Crippen LogP contribution in [0.1, 0.15) is 23.4 Å². The number of benzene rings is 1. The normalized spacial score (nSPS) is 13.6. The van der Waals surface area contributed by atoms with Crippen molar-refractivity contribution in [1.82, 2.24) is 4.90 Å². The first kappa shape index (κ1) is 16.5. The van der Waals surface area contributed by atoms with Gasteiger partial charge in [0, 0.05) is 17.5 Å². The molecule has 0 aliphatic rings. The maximum atomic E-state index is 11.2. The Balaban J connectivity index is 2.10. The minimum atomic E-state index is -3.64. The number of nitrogens with two attached hydrogens (primary N) is 1. The van der Waals surface area contributed by atoms with Crippen LogP contribution in [0.4, 0.5) is 0 Å². The van der Waals surface area contributed by atoms with Crippen molar-refractivity contribution in [3.05, 3.63) is 51.2 Å². The molecule has 0 saturated carbocycles. The lowest BCUT2D eigenvalue weighted by atomic mass is 10.1. The molecule has 21 heavy (non-hydrogen) atoms. The molecule has 0 aliphatic heterocycles. The fourth-order valence-electron chi connectivity index (χ4n) is 2.01. The molecule has 0 radical (unpaired) electrons. The Morgan fingerprint density at radius 2 is 1.86 bits per heavy atom. The Kier molecular flexibility index (Phi) is 5.06. The number of hydrogen-bond donors (Lipinski definition) is 1. The van der Waals surface area contributed by atoms with Crippen molar-refractivity contribution >= 4 is 33.0 Å². The number of rotatable bonds is 5. The summed E-state index contributed by atoms with van der Waals surface area (Å²) in [7, 11) is -1.62. The van der Waals surface area contributed by atoms with Gasteiger partial charge in [0.05, 0.1) is 9.23 Å². The van der Waals surface area contributed by atoms with Crippen molar-refractivity contribution < 1.29 is 8.42 Å². The van der Waals surface area contributed by atoms with Gasteiger partial charge in [-0.15, -0.1) is 11.3 Å². The Morgan fingerprint density at radius 3 is 2.33 bits per heavy atom. The highest BCUT2D eigenvalue weighted by Gasteiger charge is 2.14. The molecule has 1 heterocycles. The monoisotopic (exact) mass is 344 g/mol. The van der Waals surface area contributed by atoms with Gasteiger partial charge in [-0.3, -0.25) is 4.90 Å². The van der Waals surface area contributed by atoms with Gasteiger partial charge in [-0.05, 0) is 43.8 Å². The van der Waals surface area contributed by atoms with Crippen LogP contribution >= 0.6 is 22.9 Å². The van der Waals surface area contributed by atoms with E-state index in [-0.39, 0.29) is 10.9 Å². The molecule has 0 unspecified atom stereocenters. The summed E-state index contributed by atoms with van der Waals surface area (Å²) in [5.74, 6) is 0. The van der Waals surface area contributed by atoms with Crippen LogP contribution in [-0.2, 0) is 16.6 Å². The molecule has 0 aliphatic carbocycles. The third kappa shape index (κ3) is 4.28. The number of halogens is 1. The lowest BCUT2D eigenvalue weighted by molar-refractivity contribution is 0.255. The lowest BCUT2D eigenvalue weighted by Crippen LogP contribution is -2.21. The van der Waals surface area contributed by atoms with Crippen molar-refractivity contribution in [3.8, 4) is 0 Å². The summed E-state index contributed by atoms with van der Waals surface area (Å²) in [5, 5.41) is 5.10. The molecule has 0 saturated heterocycles. The molecule has 0 spiro atoms. The molecule has 1 aromatic carbocycles. The van der Waals surface area contributed by atoms with Crippen molar-refractivity contribution in [2.24, 2.45) is 5.14 Å². The number of thiophene rings is 1. The molecule has 4 nitrogen and oxygen atoms in total.